The van der Waals surface area contributed by atoms with Crippen molar-refractivity contribution >= 4 is 54.8 Å². The Morgan fingerprint density at radius 2 is 1.33 bits per heavy atom. The van der Waals surface area contributed by atoms with Crippen molar-refractivity contribution in [3.05, 3.63) is 130 Å². The summed E-state index contributed by atoms with van der Waals surface area (Å²) in [6, 6.07) is 29.5. The molecule has 0 unspecified atom stereocenters. The Balaban J connectivity index is 1.92. The summed E-state index contributed by atoms with van der Waals surface area (Å²) in [6.45, 7) is 3.79. The van der Waals surface area contributed by atoms with Crippen molar-refractivity contribution in [1.29, 1.82) is 0 Å². The van der Waals surface area contributed by atoms with Gasteiger partial charge in [0.25, 0.3) is 15.9 Å². The lowest BCUT2D eigenvalue weighted by Crippen LogP contribution is -2.29. The summed E-state index contributed by atoms with van der Waals surface area (Å²) in [6.07, 6.45) is 0. The summed E-state index contributed by atoms with van der Waals surface area (Å²) in [7, 11) is -4.24. The lowest BCUT2D eigenvalue weighted by Gasteiger charge is -2.18. The van der Waals surface area contributed by atoms with Crippen LogP contribution in [0.3, 0.4) is 0 Å². The molecule has 0 saturated carbocycles. The minimum Gasteiger partial charge on any atom is -0.397 e. The third-order valence-electron chi connectivity index (χ3n) is 5.78. The molecule has 198 valence electrons. The molecule has 0 aromatic heterocycles. The summed E-state index contributed by atoms with van der Waals surface area (Å²) in [4.78, 5) is 13.8. The molecule has 7 nitrogen and oxygen atoms in total. The topological polar surface area (TPSA) is 114 Å². The van der Waals surface area contributed by atoms with Gasteiger partial charge in [-0.15, -0.1) is 4.40 Å². The number of benzene rings is 4. The van der Waals surface area contributed by atoms with Crippen molar-refractivity contribution in [2.75, 3.05) is 10.6 Å². The molecular weight excluding hydrogens is 576 g/mol. The van der Waals surface area contributed by atoms with E-state index >= 15 is 0 Å². The smallest absolute Gasteiger partial charge is 0.284 e. The van der Waals surface area contributed by atoms with Crippen molar-refractivity contribution in [2.24, 2.45) is 10.1 Å². The standard InChI is InChI=1S/C30H27BrN4O3S/c1-20-12-16-23(17-13-20)33-30(36)27(28(32)22-8-4-3-5-9-22)29(34-26-11-7-6-10-25(26)31)35-39(37,38)24-18-14-21(2)15-19-24/h3-19H,32H2,1-2H3,(H,33,36)(H,34,35)/b28-27-. The number of para-hydroxylation sites is 1. The molecule has 0 fully saturated rings. The third-order valence-corrected chi connectivity index (χ3v) is 7.77. The van der Waals surface area contributed by atoms with Crippen LogP contribution in [-0.2, 0) is 14.8 Å². The molecule has 0 atom stereocenters. The Labute approximate surface area is 236 Å². The van der Waals surface area contributed by atoms with Gasteiger partial charge < -0.3 is 16.4 Å². The molecule has 4 N–H and O–H groups in total. The number of aryl methyl sites for hydroxylation is 2. The maximum Gasteiger partial charge on any atom is 0.284 e. The number of nitrogens with two attached hydrogens (primary N) is 1. The zero-order chi connectivity index (χ0) is 28.0. The van der Waals surface area contributed by atoms with Crippen LogP contribution >= 0.6 is 15.9 Å². The first-order valence-electron chi connectivity index (χ1n) is 12.0. The Hall–Kier alpha value is -4.21. The van der Waals surface area contributed by atoms with E-state index in [4.69, 9.17) is 5.73 Å². The molecule has 0 radical (unpaired) electrons. The quantitative estimate of drug-likeness (QED) is 0.131. The van der Waals surface area contributed by atoms with E-state index in [2.05, 4.69) is 31.0 Å². The highest BCUT2D eigenvalue weighted by molar-refractivity contribution is 9.10. The van der Waals surface area contributed by atoms with Gasteiger partial charge in [-0.25, -0.2) is 0 Å². The number of amides is 1. The SMILES string of the molecule is Cc1ccc(NC(=O)C(/C(=N/S(=O)(=O)c2ccc(C)cc2)Nc2ccccc2Br)=C(\N)c2ccccc2)cc1. The highest BCUT2D eigenvalue weighted by Crippen LogP contribution is 2.26. The largest absolute Gasteiger partial charge is 0.397 e. The van der Waals surface area contributed by atoms with E-state index in [0.717, 1.165) is 11.1 Å². The first-order chi connectivity index (χ1) is 18.6. The molecule has 0 saturated heterocycles. The molecular formula is C30H27BrN4O3S. The number of nitrogens with zero attached hydrogens (tertiary/aromatic N) is 1. The average molecular weight is 604 g/mol. The fourth-order valence-electron chi connectivity index (χ4n) is 3.65. The highest BCUT2D eigenvalue weighted by Gasteiger charge is 2.26. The predicted molar refractivity (Wildman–Crippen MR) is 161 cm³/mol. The number of amidine groups is 1. The van der Waals surface area contributed by atoms with E-state index in [1.54, 1.807) is 66.7 Å². The number of halogens is 1. The van der Waals surface area contributed by atoms with Gasteiger partial charge in [0.1, 0.15) is 5.57 Å². The van der Waals surface area contributed by atoms with Crippen molar-refractivity contribution in [1.82, 2.24) is 0 Å². The van der Waals surface area contributed by atoms with Gasteiger partial charge in [0, 0.05) is 10.2 Å². The van der Waals surface area contributed by atoms with E-state index in [0.29, 0.717) is 21.4 Å². The van der Waals surface area contributed by atoms with E-state index < -0.39 is 15.9 Å². The van der Waals surface area contributed by atoms with Crippen molar-refractivity contribution in [2.45, 2.75) is 18.7 Å². The van der Waals surface area contributed by atoms with E-state index in [1.807, 2.05) is 38.1 Å². The maximum atomic E-state index is 13.8. The molecule has 39 heavy (non-hydrogen) atoms. The average Bonchev–Trinajstić information content (AvgIpc) is 2.92. The van der Waals surface area contributed by atoms with Crippen LogP contribution in [0.1, 0.15) is 16.7 Å². The van der Waals surface area contributed by atoms with Crippen LogP contribution in [0.4, 0.5) is 11.4 Å². The van der Waals surface area contributed by atoms with E-state index in [1.165, 1.54) is 12.1 Å². The minimum atomic E-state index is -4.24. The molecule has 4 rings (SSSR count). The first-order valence-corrected chi connectivity index (χ1v) is 14.2. The summed E-state index contributed by atoms with van der Waals surface area (Å²) >= 11 is 3.47. The second-order valence-corrected chi connectivity index (χ2v) is 11.3. The Morgan fingerprint density at radius 3 is 1.95 bits per heavy atom. The second kappa shape index (κ2) is 12.1. The predicted octanol–water partition coefficient (Wildman–Crippen LogP) is 6.27. The number of anilines is 2. The molecule has 0 aliphatic carbocycles. The zero-order valence-corrected chi connectivity index (χ0v) is 23.8. The number of nitrogens with one attached hydrogen (secondary N) is 2. The summed E-state index contributed by atoms with van der Waals surface area (Å²) in [5, 5.41) is 5.87. The molecule has 4 aromatic carbocycles. The van der Waals surface area contributed by atoms with Gasteiger partial charge in [0.2, 0.25) is 0 Å². The van der Waals surface area contributed by atoms with Gasteiger partial charge in [-0.2, -0.15) is 8.42 Å². The van der Waals surface area contributed by atoms with Gasteiger partial charge in [-0.05, 0) is 71.7 Å². The lowest BCUT2D eigenvalue weighted by atomic mass is 10.0. The minimum absolute atomic E-state index is 0.0175. The first kappa shape index (κ1) is 27.8. The van der Waals surface area contributed by atoms with Gasteiger partial charge in [-0.3, -0.25) is 4.79 Å². The molecule has 0 bridgehead atoms. The fourth-order valence-corrected chi connectivity index (χ4v) is 5.00. The number of rotatable bonds is 7. The molecule has 0 aliphatic heterocycles. The summed E-state index contributed by atoms with van der Waals surface area (Å²) in [5.74, 6) is -0.856. The monoisotopic (exact) mass is 602 g/mol. The van der Waals surface area contributed by atoms with Crippen LogP contribution in [0, 0.1) is 13.8 Å². The second-order valence-electron chi connectivity index (χ2n) is 8.81. The maximum absolute atomic E-state index is 13.8. The van der Waals surface area contributed by atoms with Crippen LogP contribution in [0.15, 0.2) is 122 Å². The van der Waals surface area contributed by atoms with Crippen LogP contribution in [0.25, 0.3) is 5.70 Å². The molecule has 0 heterocycles. The van der Waals surface area contributed by atoms with E-state index in [-0.39, 0.29) is 22.0 Å². The van der Waals surface area contributed by atoms with Crippen LogP contribution in [0.5, 0.6) is 0 Å². The van der Waals surface area contributed by atoms with Gasteiger partial charge in [-0.1, -0.05) is 77.9 Å². The Morgan fingerprint density at radius 1 is 0.769 bits per heavy atom. The molecule has 4 aromatic rings. The number of hydrogen-bond acceptors (Lipinski definition) is 4. The van der Waals surface area contributed by atoms with Crippen LogP contribution in [-0.4, -0.2) is 20.2 Å². The summed E-state index contributed by atoms with van der Waals surface area (Å²) < 4.78 is 31.7. The number of hydrogen-bond donors (Lipinski definition) is 3. The number of sulfonamides is 1. The molecule has 1 amide bonds. The number of carbonyl (C=O) groups is 1. The van der Waals surface area contributed by atoms with Crippen LogP contribution in [0.2, 0.25) is 0 Å². The van der Waals surface area contributed by atoms with Crippen molar-refractivity contribution < 1.29 is 13.2 Å². The van der Waals surface area contributed by atoms with E-state index in [9.17, 15) is 13.2 Å². The van der Waals surface area contributed by atoms with Gasteiger partial charge in [0.05, 0.1) is 16.3 Å². The zero-order valence-electron chi connectivity index (χ0n) is 21.4. The molecule has 0 spiro atoms. The number of carbonyl (C=O) groups excluding carboxylic acids is 1. The molecule has 0 aliphatic rings. The van der Waals surface area contributed by atoms with Gasteiger partial charge in [0.15, 0.2) is 5.84 Å². The fraction of sp³-hybridized carbons (Fsp3) is 0.0667. The highest BCUT2D eigenvalue weighted by atomic mass is 79.9. The lowest BCUT2D eigenvalue weighted by molar-refractivity contribution is -0.112. The Bertz CT molecular complexity index is 1650. The molecule has 9 heteroatoms. The van der Waals surface area contributed by atoms with Crippen molar-refractivity contribution in [3.8, 4) is 0 Å². The van der Waals surface area contributed by atoms with Crippen molar-refractivity contribution in [3.63, 3.8) is 0 Å². The Kier molecular flexibility index (Phi) is 8.63. The third kappa shape index (κ3) is 7.01. The van der Waals surface area contributed by atoms with Crippen LogP contribution < -0.4 is 16.4 Å². The van der Waals surface area contributed by atoms with Gasteiger partial charge >= 0.3 is 0 Å². The summed E-state index contributed by atoms with van der Waals surface area (Å²) in [5.41, 5.74) is 9.97. The normalized spacial score (nSPS) is 12.4.